The maximum Gasteiger partial charge on any atom is 0.282 e. The molecule has 0 aliphatic carbocycles. The van der Waals surface area contributed by atoms with Crippen LogP contribution in [0, 0.1) is 22.9 Å². The average Bonchev–Trinajstić information content (AvgIpc) is 3.05. The highest BCUT2D eigenvalue weighted by Crippen LogP contribution is 2.28. The van der Waals surface area contributed by atoms with Gasteiger partial charge in [0, 0.05) is 17.7 Å². The maximum atomic E-state index is 13.4. The first-order valence-electron chi connectivity index (χ1n) is 9.14. The number of amides is 1. The number of aliphatic imine (C=N–C) groups is 1. The zero-order chi connectivity index (χ0) is 21.3. The second-order valence-electron chi connectivity index (χ2n) is 6.80. The van der Waals surface area contributed by atoms with Gasteiger partial charge < -0.3 is 0 Å². The van der Waals surface area contributed by atoms with Crippen molar-refractivity contribution in [3.8, 4) is 0 Å². The van der Waals surface area contributed by atoms with Crippen molar-refractivity contribution in [1.82, 2.24) is 0 Å². The molecule has 30 heavy (non-hydrogen) atoms. The second kappa shape index (κ2) is 7.71. The third kappa shape index (κ3) is 3.73. The van der Waals surface area contributed by atoms with Crippen LogP contribution >= 0.6 is 0 Å². The number of anilines is 1. The largest absolute Gasteiger partial charge is 0.282 e. The molecular weight excluding hydrogens is 385 g/mol. The molecule has 0 N–H and O–H groups in total. The van der Waals surface area contributed by atoms with Gasteiger partial charge in [0.1, 0.15) is 17.3 Å². The van der Waals surface area contributed by atoms with E-state index >= 15 is 0 Å². The van der Waals surface area contributed by atoms with E-state index in [1.807, 2.05) is 25.1 Å². The van der Waals surface area contributed by atoms with E-state index in [1.165, 1.54) is 29.2 Å². The number of non-ortho nitro benzene ring substituents is 1. The summed E-state index contributed by atoms with van der Waals surface area (Å²) in [5.41, 5.74) is 2.98. The molecule has 0 bridgehead atoms. The van der Waals surface area contributed by atoms with Crippen LogP contribution in [0.5, 0.6) is 0 Å². The fourth-order valence-electron chi connectivity index (χ4n) is 3.17. The molecule has 0 unspecified atom stereocenters. The quantitative estimate of drug-likeness (QED) is 0.355. The highest BCUT2D eigenvalue weighted by Gasteiger charge is 2.32. The van der Waals surface area contributed by atoms with E-state index in [9.17, 15) is 19.3 Å². The number of nitro benzene ring substituents is 1. The predicted molar refractivity (Wildman–Crippen MR) is 113 cm³/mol. The first-order valence-corrected chi connectivity index (χ1v) is 9.14. The van der Waals surface area contributed by atoms with Crippen LogP contribution < -0.4 is 4.90 Å². The Morgan fingerprint density at radius 2 is 1.73 bits per heavy atom. The molecule has 0 atom stereocenters. The Morgan fingerprint density at radius 3 is 2.37 bits per heavy atom. The zero-order valence-electron chi connectivity index (χ0n) is 15.9. The third-order valence-electron chi connectivity index (χ3n) is 4.63. The summed E-state index contributed by atoms with van der Waals surface area (Å²) in [6, 6.07) is 19.1. The minimum Gasteiger partial charge on any atom is -0.266 e. The molecule has 3 aromatic carbocycles. The summed E-state index contributed by atoms with van der Waals surface area (Å²) in [5, 5.41) is 10.8. The van der Waals surface area contributed by atoms with Crippen LogP contribution in [0.1, 0.15) is 16.7 Å². The minimum atomic E-state index is -0.484. The first kappa shape index (κ1) is 19.2. The Kier molecular flexibility index (Phi) is 4.93. The van der Waals surface area contributed by atoms with Gasteiger partial charge in [-0.25, -0.2) is 9.38 Å². The number of hydrogen-bond acceptors (Lipinski definition) is 4. The van der Waals surface area contributed by atoms with Crippen LogP contribution in [0.25, 0.3) is 6.08 Å². The van der Waals surface area contributed by atoms with Gasteiger partial charge in [-0.3, -0.25) is 19.8 Å². The van der Waals surface area contributed by atoms with E-state index in [2.05, 4.69) is 4.99 Å². The number of rotatable bonds is 4. The number of benzene rings is 3. The summed E-state index contributed by atoms with van der Waals surface area (Å²) in [7, 11) is 0. The van der Waals surface area contributed by atoms with Gasteiger partial charge in [0.15, 0.2) is 0 Å². The number of halogens is 1. The highest BCUT2D eigenvalue weighted by atomic mass is 19.1. The summed E-state index contributed by atoms with van der Waals surface area (Å²) >= 11 is 0. The number of carbonyl (C=O) groups is 1. The Bertz CT molecular complexity index is 1200. The molecule has 7 heteroatoms. The monoisotopic (exact) mass is 401 g/mol. The van der Waals surface area contributed by atoms with Gasteiger partial charge in [-0.15, -0.1) is 0 Å². The van der Waals surface area contributed by atoms with Crippen LogP contribution in [0.4, 0.5) is 15.8 Å². The van der Waals surface area contributed by atoms with Crippen molar-refractivity contribution < 1.29 is 14.1 Å². The molecule has 6 nitrogen and oxygen atoms in total. The number of carbonyl (C=O) groups excluding carboxylic acids is 1. The Hall–Kier alpha value is -4.13. The molecule has 4 rings (SSSR count). The van der Waals surface area contributed by atoms with Gasteiger partial charge in [0.05, 0.1) is 10.6 Å². The van der Waals surface area contributed by atoms with E-state index in [1.54, 1.807) is 36.4 Å². The molecule has 0 saturated heterocycles. The smallest absolute Gasteiger partial charge is 0.266 e. The fourth-order valence-corrected chi connectivity index (χ4v) is 3.17. The Morgan fingerprint density at radius 1 is 1.03 bits per heavy atom. The molecule has 1 heterocycles. The summed E-state index contributed by atoms with van der Waals surface area (Å²) in [6.45, 7) is 1.92. The molecule has 1 aliphatic rings. The van der Waals surface area contributed by atoms with Crippen molar-refractivity contribution in [1.29, 1.82) is 0 Å². The molecular formula is C23H16FN3O3. The molecule has 1 aliphatic heterocycles. The highest BCUT2D eigenvalue weighted by molar-refractivity contribution is 6.33. The van der Waals surface area contributed by atoms with E-state index < -0.39 is 4.92 Å². The van der Waals surface area contributed by atoms with Gasteiger partial charge in [-0.1, -0.05) is 12.1 Å². The van der Waals surface area contributed by atoms with E-state index in [-0.39, 0.29) is 23.1 Å². The van der Waals surface area contributed by atoms with E-state index in [0.717, 1.165) is 5.56 Å². The summed E-state index contributed by atoms with van der Waals surface area (Å²) in [5.74, 6) is -0.329. The second-order valence-corrected chi connectivity index (χ2v) is 6.80. The van der Waals surface area contributed by atoms with Crippen LogP contribution in [0.2, 0.25) is 0 Å². The van der Waals surface area contributed by atoms with Crippen molar-refractivity contribution >= 4 is 29.2 Å². The Labute approximate surface area is 171 Å². The number of aryl methyl sites for hydroxylation is 1. The number of amidine groups is 1. The molecule has 1 amide bonds. The van der Waals surface area contributed by atoms with Crippen molar-refractivity contribution in [3.63, 3.8) is 0 Å². The van der Waals surface area contributed by atoms with Crippen LogP contribution in [0.15, 0.2) is 83.5 Å². The van der Waals surface area contributed by atoms with Crippen molar-refractivity contribution in [3.05, 3.63) is 111 Å². The average molecular weight is 401 g/mol. The topological polar surface area (TPSA) is 75.8 Å². The lowest BCUT2D eigenvalue weighted by atomic mass is 10.1. The number of nitrogens with zero attached hydrogens (tertiary/aromatic N) is 3. The molecule has 148 valence electrons. The standard InChI is InChI=1S/C23H16FN3O3/c1-15-3-2-4-20(13-15)26-22(17-7-9-18(24)10-8-17)25-21(23(26)28)14-16-5-11-19(12-6-16)27(29)30/h2-14H,1H3/b21-14+. The summed E-state index contributed by atoms with van der Waals surface area (Å²) in [6.07, 6.45) is 1.57. The van der Waals surface area contributed by atoms with Crippen molar-refractivity contribution in [2.75, 3.05) is 4.90 Å². The molecule has 0 fully saturated rings. The maximum absolute atomic E-state index is 13.4. The SMILES string of the molecule is Cc1cccc(N2C(=O)/C(=C\c3ccc([N+](=O)[O-])cc3)N=C2c2ccc(F)cc2)c1. The number of hydrogen-bond donors (Lipinski definition) is 0. The van der Waals surface area contributed by atoms with Crippen LogP contribution in [0.3, 0.4) is 0 Å². The van der Waals surface area contributed by atoms with Crippen molar-refractivity contribution in [2.24, 2.45) is 4.99 Å². The molecule has 0 radical (unpaired) electrons. The van der Waals surface area contributed by atoms with E-state index in [0.29, 0.717) is 22.6 Å². The molecule has 0 spiro atoms. The summed E-state index contributed by atoms with van der Waals surface area (Å²) < 4.78 is 13.4. The van der Waals surface area contributed by atoms with Crippen LogP contribution in [-0.4, -0.2) is 16.7 Å². The lowest BCUT2D eigenvalue weighted by molar-refractivity contribution is -0.384. The molecule has 3 aromatic rings. The van der Waals surface area contributed by atoms with Gasteiger partial charge in [0.25, 0.3) is 11.6 Å². The van der Waals surface area contributed by atoms with Crippen molar-refractivity contribution in [2.45, 2.75) is 6.92 Å². The lowest BCUT2D eigenvalue weighted by Gasteiger charge is -2.19. The summed E-state index contributed by atoms with van der Waals surface area (Å²) in [4.78, 5) is 29.6. The van der Waals surface area contributed by atoms with Gasteiger partial charge in [-0.2, -0.15) is 0 Å². The fraction of sp³-hybridized carbons (Fsp3) is 0.0435. The number of nitro groups is 1. The van der Waals surface area contributed by atoms with Gasteiger partial charge in [-0.05, 0) is 72.7 Å². The Balaban J connectivity index is 1.79. The lowest BCUT2D eigenvalue weighted by Crippen LogP contribution is -2.32. The van der Waals surface area contributed by atoms with Gasteiger partial charge >= 0.3 is 0 Å². The molecule has 0 aromatic heterocycles. The normalized spacial score (nSPS) is 14.9. The molecule has 0 saturated carbocycles. The third-order valence-corrected chi connectivity index (χ3v) is 4.63. The van der Waals surface area contributed by atoms with Crippen LogP contribution in [-0.2, 0) is 4.79 Å². The minimum absolute atomic E-state index is 0.0354. The first-order chi connectivity index (χ1) is 14.4. The predicted octanol–water partition coefficient (Wildman–Crippen LogP) is 4.88. The van der Waals surface area contributed by atoms with Gasteiger partial charge in [0.2, 0.25) is 0 Å². The van der Waals surface area contributed by atoms with E-state index in [4.69, 9.17) is 0 Å². The zero-order valence-corrected chi connectivity index (χ0v) is 15.9.